The van der Waals surface area contributed by atoms with Gasteiger partial charge in [-0.15, -0.1) is 11.3 Å². The van der Waals surface area contributed by atoms with Gasteiger partial charge >= 0.3 is 0 Å². The van der Waals surface area contributed by atoms with Gasteiger partial charge in [-0.1, -0.05) is 0 Å². The van der Waals surface area contributed by atoms with E-state index in [9.17, 15) is 19.3 Å². The zero-order valence-electron chi connectivity index (χ0n) is 10.9. The Bertz CT molecular complexity index is 675. The molecule has 9 heteroatoms. The van der Waals surface area contributed by atoms with E-state index in [1.165, 1.54) is 17.5 Å². The smallest absolute Gasteiger partial charge is 0.285 e. The largest absolute Gasteiger partial charge is 0.383 e. The third-order valence-corrected chi connectivity index (χ3v) is 3.24. The lowest BCUT2D eigenvalue weighted by molar-refractivity contribution is -0.385. The molecule has 0 unspecified atom stereocenters. The molecule has 0 spiro atoms. The summed E-state index contributed by atoms with van der Waals surface area (Å²) in [5.74, 6) is -1.50. The molecule has 110 valence electrons. The Labute approximate surface area is 123 Å². The van der Waals surface area contributed by atoms with Crippen molar-refractivity contribution in [1.82, 2.24) is 4.98 Å². The number of carbonyl (C=O) groups excluding carboxylic acids is 1. The SMILES string of the molecule is CCNc1cc(C(=O)Nc2nccs2)c([N+](=O)[O-])cc1F. The molecule has 0 aliphatic heterocycles. The van der Waals surface area contributed by atoms with Gasteiger partial charge in [-0.2, -0.15) is 0 Å². The third-order valence-electron chi connectivity index (χ3n) is 2.55. The molecule has 1 aromatic heterocycles. The van der Waals surface area contributed by atoms with Crippen molar-refractivity contribution < 1.29 is 14.1 Å². The molecule has 21 heavy (non-hydrogen) atoms. The number of rotatable bonds is 5. The van der Waals surface area contributed by atoms with Crippen molar-refractivity contribution in [3.63, 3.8) is 0 Å². The van der Waals surface area contributed by atoms with Crippen LogP contribution in [0, 0.1) is 15.9 Å². The minimum Gasteiger partial charge on any atom is -0.383 e. The Morgan fingerprint density at radius 2 is 2.29 bits per heavy atom. The van der Waals surface area contributed by atoms with Crippen LogP contribution < -0.4 is 10.6 Å². The average Bonchev–Trinajstić information content (AvgIpc) is 2.93. The maximum absolute atomic E-state index is 13.7. The number of nitrogens with one attached hydrogen (secondary N) is 2. The van der Waals surface area contributed by atoms with E-state index >= 15 is 0 Å². The van der Waals surface area contributed by atoms with Crippen LogP contribution in [0.2, 0.25) is 0 Å². The zero-order chi connectivity index (χ0) is 15.4. The van der Waals surface area contributed by atoms with Gasteiger partial charge in [0.2, 0.25) is 0 Å². The van der Waals surface area contributed by atoms with E-state index in [-0.39, 0.29) is 11.3 Å². The topological polar surface area (TPSA) is 97.2 Å². The number of thiazole rings is 1. The highest BCUT2D eigenvalue weighted by molar-refractivity contribution is 7.13. The molecular weight excluding hydrogens is 299 g/mol. The second kappa shape index (κ2) is 6.27. The molecule has 2 aromatic rings. The van der Waals surface area contributed by atoms with Gasteiger partial charge in [0.05, 0.1) is 16.7 Å². The van der Waals surface area contributed by atoms with Crippen molar-refractivity contribution in [2.24, 2.45) is 0 Å². The number of aromatic nitrogens is 1. The predicted octanol–water partition coefficient (Wildman–Crippen LogP) is 2.87. The second-order valence-electron chi connectivity index (χ2n) is 3.93. The summed E-state index contributed by atoms with van der Waals surface area (Å²) in [4.78, 5) is 26.1. The maximum Gasteiger partial charge on any atom is 0.285 e. The first-order valence-corrected chi connectivity index (χ1v) is 6.83. The van der Waals surface area contributed by atoms with E-state index in [0.29, 0.717) is 11.7 Å². The van der Waals surface area contributed by atoms with Crippen LogP contribution in [-0.4, -0.2) is 22.4 Å². The van der Waals surface area contributed by atoms with Gasteiger partial charge in [0.15, 0.2) is 10.9 Å². The fourth-order valence-corrected chi connectivity index (χ4v) is 2.20. The van der Waals surface area contributed by atoms with Gasteiger partial charge in [-0.05, 0) is 13.0 Å². The monoisotopic (exact) mass is 310 g/mol. The number of amides is 1. The van der Waals surface area contributed by atoms with E-state index in [2.05, 4.69) is 15.6 Å². The summed E-state index contributed by atoms with van der Waals surface area (Å²) in [6, 6.07) is 1.86. The first kappa shape index (κ1) is 14.9. The number of halogens is 1. The zero-order valence-corrected chi connectivity index (χ0v) is 11.7. The Morgan fingerprint density at radius 1 is 1.52 bits per heavy atom. The number of nitrogens with zero attached hydrogens (tertiary/aromatic N) is 2. The maximum atomic E-state index is 13.7. The molecule has 0 bridgehead atoms. The molecule has 0 fully saturated rings. The van der Waals surface area contributed by atoms with Crippen molar-refractivity contribution in [2.45, 2.75) is 6.92 Å². The van der Waals surface area contributed by atoms with Crippen LogP contribution in [0.3, 0.4) is 0 Å². The Morgan fingerprint density at radius 3 is 2.86 bits per heavy atom. The van der Waals surface area contributed by atoms with E-state index in [1.807, 2.05) is 0 Å². The Balaban J connectivity index is 2.41. The Kier molecular flexibility index (Phi) is 4.43. The number of benzene rings is 1. The van der Waals surface area contributed by atoms with Gasteiger partial charge in [0, 0.05) is 18.1 Å². The minimum absolute atomic E-state index is 0.0346. The Hall–Kier alpha value is -2.55. The van der Waals surface area contributed by atoms with Gasteiger partial charge in [0.1, 0.15) is 5.56 Å². The van der Waals surface area contributed by atoms with Crippen LogP contribution in [0.25, 0.3) is 0 Å². The molecule has 1 heterocycles. The highest BCUT2D eigenvalue weighted by atomic mass is 32.1. The second-order valence-corrected chi connectivity index (χ2v) is 4.82. The summed E-state index contributed by atoms with van der Waals surface area (Å²) in [6.45, 7) is 2.17. The van der Waals surface area contributed by atoms with Gasteiger partial charge in [-0.3, -0.25) is 20.2 Å². The van der Waals surface area contributed by atoms with Crippen molar-refractivity contribution >= 4 is 33.8 Å². The third kappa shape index (κ3) is 3.31. The molecule has 0 saturated heterocycles. The van der Waals surface area contributed by atoms with Crippen LogP contribution in [0.5, 0.6) is 0 Å². The summed E-state index contributed by atoms with van der Waals surface area (Å²) in [7, 11) is 0. The molecule has 0 aliphatic rings. The molecule has 0 atom stereocenters. The first-order chi connectivity index (χ1) is 10.0. The van der Waals surface area contributed by atoms with Crippen LogP contribution in [0.4, 0.5) is 20.9 Å². The molecule has 0 saturated carbocycles. The van der Waals surface area contributed by atoms with Gasteiger partial charge in [0.25, 0.3) is 11.6 Å². The molecule has 2 rings (SSSR count). The molecule has 0 radical (unpaired) electrons. The standard InChI is InChI=1S/C12H11FN4O3S/c1-2-14-9-5-7(10(17(19)20)6-8(9)13)11(18)16-12-15-3-4-21-12/h3-6,14H,2H2,1H3,(H,15,16,18). The number of nitro groups is 1. The first-order valence-electron chi connectivity index (χ1n) is 5.95. The van der Waals surface area contributed by atoms with Crippen molar-refractivity contribution in [3.05, 3.63) is 45.2 Å². The lowest BCUT2D eigenvalue weighted by Crippen LogP contribution is -2.15. The number of carbonyl (C=O) groups is 1. The van der Waals surface area contributed by atoms with Gasteiger partial charge < -0.3 is 5.32 Å². The highest BCUT2D eigenvalue weighted by Gasteiger charge is 2.24. The van der Waals surface area contributed by atoms with E-state index in [0.717, 1.165) is 12.1 Å². The summed E-state index contributed by atoms with van der Waals surface area (Å²) < 4.78 is 13.7. The highest BCUT2D eigenvalue weighted by Crippen LogP contribution is 2.27. The molecule has 0 aliphatic carbocycles. The lowest BCUT2D eigenvalue weighted by atomic mass is 10.1. The van der Waals surface area contributed by atoms with E-state index in [1.54, 1.807) is 12.3 Å². The quantitative estimate of drug-likeness (QED) is 0.653. The fourth-order valence-electron chi connectivity index (χ4n) is 1.67. The summed E-state index contributed by atoms with van der Waals surface area (Å²) >= 11 is 1.18. The summed E-state index contributed by atoms with van der Waals surface area (Å²) in [5.41, 5.74) is -0.789. The number of hydrogen-bond acceptors (Lipinski definition) is 6. The molecular formula is C12H11FN4O3S. The number of nitro benzene ring substituents is 1. The van der Waals surface area contributed by atoms with Crippen molar-refractivity contribution in [3.8, 4) is 0 Å². The fraction of sp³-hybridized carbons (Fsp3) is 0.167. The van der Waals surface area contributed by atoms with Crippen molar-refractivity contribution in [1.29, 1.82) is 0 Å². The van der Waals surface area contributed by atoms with Crippen LogP contribution in [-0.2, 0) is 0 Å². The number of anilines is 2. The summed E-state index contributed by atoms with van der Waals surface area (Å²) in [6.07, 6.45) is 1.49. The predicted molar refractivity (Wildman–Crippen MR) is 77.3 cm³/mol. The normalized spacial score (nSPS) is 10.2. The van der Waals surface area contributed by atoms with Crippen LogP contribution in [0.1, 0.15) is 17.3 Å². The molecule has 1 aromatic carbocycles. The minimum atomic E-state index is -0.796. The van der Waals surface area contributed by atoms with E-state index < -0.39 is 22.3 Å². The molecule has 1 amide bonds. The number of hydrogen-bond donors (Lipinski definition) is 2. The van der Waals surface area contributed by atoms with E-state index in [4.69, 9.17) is 0 Å². The van der Waals surface area contributed by atoms with Crippen LogP contribution in [0.15, 0.2) is 23.7 Å². The molecule has 7 nitrogen and oxygen atoms in total. The lowest BCUT2D eigenvalue weighted by Gasteiger charge is -2.08. The molecule has 2 N–H and O–H groups in total. The van der Waals surface area contributed by atoms with Crippen LogP contribution >= 0.6 is 11.3 Å². The average molecular weight is 310 g/mol. The summed E-state index contributed by atoms with van der Waals surface area (Å²) in [5, 5.41) is 18.1. The van der Waals surface area contributed by atoms with Gasteiger partial charge in [-0.25, -0.2) is 9.37 Å². The van der Waals surface area contributed by atoms with Crippen molar-refractivity contribution in [2.75, 3.05) is 17.2 Å².